The molecule has 0 spiro atoms. The molecule has 3 aromatic rings. The van der Waals surface area contributed by atoms with E-state index < -0.39 is 21.9 Å². The van der Waals surface area contributed by atoms with Crippen molar-refractivity contribution >= 4 is 21.7 Å². The molecular formula is C20H18FN5O3S. The predicted octanol–water partition coefficient (Wildman–Crippen LogP) is 1.70. The first-order valence-electron chi connectivity index (χ1n) is 9.12. The van der Waals surface area contributed by atoms with E-state index in [2.05, 4.69) is 20.0 Å². The summed E-state index contributed by atoms with van der Waals surface area (Å²) in [5, 5.41) is 2.59. The lowest BCUT2D eigenvalue weighted by Crippen LogP contribution is -2.40. The molecule has 1 aromatic heterocycles. The lowest BCUT2D eigenvalue weighted by atomic mass is 10.0. The van der Waals surface area contributed by atoms with Crippen molar-refractivity contribution in [1.82, 2.24) is 20.0 Å². The molecule has 8 nitrogen and oxygen atoms in total. The minimum Gasteiger partial charge on any atom is -0.382 e. The number of carbonyl (C=O) groups excluding carboxylic acids is 1. The molecular weight excluding hydrogens is 409 g/mol. The van der Waals surface area contributed by atoms with Crippen LogP contribution < -0.4 is 15.8 Å². The van der Waals surface area contributed by atoms with Gasteiger partial charge in [0.2, 0.25) is 15.9 Å². The molecule has 4 N–H and O–H groups in total. The highest BCUT2D eigenvalue weighted by Gasteiger charge is 2.30. The van der Waals surface area contributed by atoms with Gasteiger partial charge in [-0.2, -0.15) is 4.72 Å². The number of rotatable bonds is 5. The lowest BCUT2D eigenvalue weighted by molar-refractivity contribution is -0.120. The number of nitrogens with two attached hydrogens (primary N) is 1. The third-order valence-corrected chi connectivity index (χ3v) is 6.28. The van der Waals surface area contributed by atoms with Gasteiger partial charge in [0.05, 0.1) is 23.0 Å². The van der Waals surface area contributed by atoms with Crippen LogP contribution in [0.4, 0.5) is 10.2 Å². The zero-order valence-electron chi connectivity index (χ0n) is 15.7. The zero-order valence-corrected chi connectivity index (χ0v) is 16.5. The standard InChI is InChI=1S/C20H18FN5O3S/c21-15-9-12(5-6-14(15)17-10-25-19(22)11-24-17)13-3-1-2-4-18(13)30(28,29)26-16-7-8-23-20(16)27/h1-6,9-11,16,26H,7-8H2,(H2,22,25)(H,23,27)/t16-/m1/s1. The first-order chi connectivity index (χ1) is 14.3. The van der Waals surface area contributed by atoms with Crippen molar-refractivity contribution in [3.63, 3.8) is 0 Å². The lowest BCUT2D eigenvalue weighted by Gasteiger charge is -2.15. The third-order valence-electron chi connectivity index (χ3n) is 4.75. The maximum Gasteiger partial charge on any atom is 0.241 e. The second kappa shape index (κ2) is 7.81. The summed E-state index contributed by atoms with van der Waals surface area (Å²) < 4.78 is 43.1. The Morgan fingerprint density at radius 3 is 2.57 bits per heavy atom. The summed E-state index contributed by atoms with van der Waals surface area (Å²) >= 11 is 0. The second-order valence-electron chi connectivity index (χ2n) is 6.77. The Labute approximate surface area is 172 Å². The monoisotopic (exact) mass is 427 g/mol. The molecule has 2 aromatic carbocycles. The Balaban J connectivity index is 1.71. The van der Waals surface area contributed by atoms with E-state index in [1.165, 1.54) is 30.6 Å². The van der Waals surface area contributed by atoms with E-state index in [0.29, 0.717) is 29.8 Å². The van der Waals surface area contributed by atoms with Crippen molar-refractivity contribution in [1.29, 1.82) is 0 Å². The highest BCUT2D eigenvalue weighted by atomic mass is 32.2. The molecule has 30 heavy (non-hydrogen) atoms. The molecule has 0 radical (unpaired) electrons. The normalized spacial score (nSPS) is 16.4. The smallest absolute Gasteiger partial charge is 0.241 e. The topological polar surface area (TPSA) is 127 Å². The largest absolute Gasteiger partial charge is 0.382 e. The number of hydrogen-bond acceptors (Lipinski definition) is 6. The molecule has 1 amide bonds. The second-order valence-corrected chi connectivity index (χ2v) is 8.45. The summed E-state index contributed by atoms with van der Waals surface area (Å²) in [6.07, 6.45) is 3.06. The van der Waals surface area contributed by atoms with E-state index >= 15 is 0 Å². The van der Waals surface area contributed by atoms with Crippen molar-refractivity contribution in [2.24, 2.45) is 0 Å². The van der Waals surface area contributed by atoms with Gasteiger partial charge in [0.15, 0.2) is 0 Å². The maximum absolute atomic E-state index is 14.8. The fourth-order valence-corrected chi connectivity index (χ4v) is 4.72. The van der Waals surface area contributed by atoms with Gasteiger partial charge in [-0.1, -0.05) is 24.3 Å². The van der Waals surface area contributed by atoms with E-state index in [4.69, 9.17) is 5.73 Å². The van der Waals surface area contributed by atoms with Gasteiger partial charge in [-0.15, -0.1) is 0 Å². The van der Waals surface area contributed by atoms with E-state index in [-0.39, 0.29) is 22.2 Å². The van der Waals surface area contributed by atoms with E-state index in [1.807, 2.05) is 0 Å². The number of aromatic nitrogens is 2. The summed E-state index contributed by atoms with van der Waals surface area (Å²) in [4.78, 5) is 19.7. The molecule has 2 heterocycles. The zero-order chi connectivity index (χ0) is 21.3. The number of hydrogen-bond donors (Lipinski definition) is 3. The molecule has 0 bridgehead atoms. The fraction of sp³-hybridized carbons (Fsp3) is 0.150. The van der Waals surface area contributed by atoms with Crippen LogP contribution in [0.3, 0.4) is 0 Å². The first kappa shape index (κ1) is 19.9. The Bertz CT molecular complexity index is 1220. The minimum atomic E-state index is -4.00. The molecule has 10 heteroatoms. The average molecular weight is 427 g/mol. The third kappa shape index (κ3) is 3.87. The summed E-state index contributed by atoms with van der Waals surface area (Å²) in [6.45, 7) is 0.411. The SMILES string of the molecule is Nc1cnc(-c2ccc(-c3ccccc3S(=O)(=O)N[C@@H]3CCNC3=O)cc2F)cn1. The molecule has 0 saturated carbocycles. The summed E-state index contributed by atoms with van der Waals surface area (Å²) in [7, 11) is -4.00. The minimum absolute atomic E-state index is 0.0378. The summed E-state index contributed by atoms with van der Waals surface area (Å²) in [5.74, 6) is -0.726. The van der Waals surface area contributed by atoms with Crippen LogP contribution in [0, 0.1) is 5.82 Å². The van der Waals surface area contributed by atoms with E-state index in [1.54, 1.807) is 24.3 Å². The number of nitrogens with zero attached hydrogens (tertiary/aromatic N) is 2. The summed E-state index contributed by atoms with van der Waals surface area (Å²) in [5.41, 5.74) is 6.72. The van der Waals surface area contributed by atoms with Crippen molar-refractivity contribution < 1.29 is 17.6 Å². The Hall–Kier alpha value is -3.37. The quantitative estimate of drug-likeness (QED) is 0.569. The Morgan fingerprint density at radius 1 is 1.10 bits per heavy atom. The number of carbonyl (C=O) groups is 1. The molecule has 1 fully saturated rings. The highest BCUT2D eigenvalue weighted by Crippen LogP contribution is 2.31. The number of anilines is 1. The van der Waals surface area contributed by atoms with Gasteiger partial charge in [-0.3, -0.25) is 9.78 Å². The predicted molar refractivity (Wildman–Crippen MR) is 109 cm³/mol. The van der Waals surface area contributed by atoms with Gasteiger partial charge in [0, 0.05) is 17.7 Å². The van der Waals surface area contributed by atoms with Crippen LogP contribution in [0.15, 0.2) is 59.8 Å². The fourth-order valence-electron chi connectivity index (χ4n) is 3.26. The molecule has 1 aliphatic rings. The van der Waals surface area contributed by atoms with Gasteiger partial charge < -0.3 is 11.1 Å². The molecule has 1 saturated heterocycles. The molecule has 0 aliphatic carbocycles. The van der Waals surface area contributed by atoms with Gasteiger partial charge in [0.1, 0.15) is 17.7 Å². The molecule has 1 aliphatic heterocycles. The van der Waals surface area contributed by atoms with Crippen LogP contribution >= 0.6 is 0 Å². The van der Waals surface area contributed by atoms with Crippen molar-refractivity contribution in [2.75, 3.05) is 12.3 Å². The van der Waals surface area contributed by atoms with Gasteiger partial charge in [-0.25, -0.2) is 17.8 Å². The van der Waals surface area contributed by atoms with Crippen LogP contribution in [0.1, 0.15) is 6.42 Å². The molecule has 0 unspecified atom stereocenters. The van der Waals surface area contributed by atoms with Crippen LogP contribution in [-0.2, 0) is 14.8 Å². The number of halogens is 1. The number of amides is 1. The van der Waals surface area contributed by atoms with Crippen LogP contribution in [-0.4, -0.2) is 36.9 Å². The Kier molecular flexibility index (Phi) is 5.18. The van der Waals surface area contributed by atoms with Crippen molar-refractivity contribution in [3.05, 3.63) is 60.7 Å². The van der Waals surface area contributed by atoms with Crippen LogP contribution in [0.2, 0.25) is 0 Å². The summed E-state index contributed by atoms with van der Waals surface area (Å²) in [6, 6.07) is 9.76. The average Bonchev–Trinajstić information content (AvgIpc) is 3.12. The molecule has 154 valence electrons. The molecule has 4 rings (SSSR count). The number of nitrogens with one attached hydrogen (secondary N) is 2. The van der Waals surface area contributed by atoms with Crippen molar-refractivity contribution in [2.45, 2.75) is 17.4 Å². The Morgan fingerprint density at radius 2 is 1.90 bits per heavy atom. The number of sulfonamides is 1. The number of nitrogen functional groups attached to an aromatic ring is 1. The van der Waals surface area contributed by atoms with E-state index in [0.717, 1.165) is 0 Å². The highest BCUT2D eigenvalue weighted by molar-refractivity contribution is 7.89. The molecule has 1 atom stereocenters. The number of benzene rings is 2. The van der Waals surface area contributed by atoms with Crippen LogP contribution in [0.5, 0.6) is 0 Å². The van der Waals surface area contributed by atoms with Gasteiger partial charge in [0.25, 0.3) is 0 Å². The van der Waals surface area contributed by atoms with Gasteiger partial charge >= 0.3 is 0 Å². The first-order valence-corrected chi connectivity index (χ1v) is 10.6. The van der Waals surface area contributed by atoms with Crippen molar-refractivity contribution in [3.8, 4) is 22.4 Å². The van der Waals surface area contributed by atoms with Gasteiger partial charge in [-0.05, 0) is 30.2 Å². The van der Waals surface area contributed by atoms with E-state index in [9.17, 15) is 17.6 Å². The maximum atomic E-state index is 14.8. The van der Waals surface area contributed by atoms with Crippen LogP contribution in [0.25, 0.3) is 22.4 Å².